The molecule has 0 saturated carbocycles. The number of amides is 1. The first-order valence-electron chi connectivity index (χ1n) is 8.07. The fourth-order valence-corrected chi connectivity index (χ4v) is 3.46. The Kier molecular flexibility index (Phi) is 5.53. The van der Waals surface area contributed by atoms with Gasteiger partial charge in [-0.3, -0.25) is 4.79 Å². The Hall–Kier alpha value is -2.25. The number of halogens is 1. The molecule has 0 aliphatic rings. The molecule has 0 unspecified atom stereocenters. The van der Waals surface area contributed by atoms with Gasteiger partial charge >= 0.3 is 0 Å². The quantitative estimate of drug-likeness (QED) is 0.884. The summed E-state index contributed by atoms with van der Waals surface area (Å²) in [6.45, 7) is 6.08. The highest BCUT2D eigenvalue weighted by molar-refractivity contribution is 7.89. The van der Waals surface area contributed by atoms with Crippen molar-refractivity contribution < 1.29 is 17.6 Å². The molecule has 0 aromatic heterocycles. The van der Waals surface area contributed by atoms with Gasteiger partial charge < -0.3 is 5.32 Å². The molecular weight excluding hydrogens is 355 g/mol. The van der Waals surface area contributed by atoms with Gasteiger partial charge in [0.2, 0.25) is 10.0 Å². The Morgan fingerprint density at radius 2 is 1.69 bits per heavy atom. The minimum atomic E-state index is -3.99. The zero-order valence-corrected chi connectivity index (χ0v) is 16.3. The summed E-state index contributed by atoms with van der Waals surface area (Å²) in [4.78, 5) is 12.1. The van der Waals surface area contributed by atoms with Crippen LogP contribution in [0.3, 0.4) is 0 Å². The average Bonchev–Trinajstić information content (AvgIpc) is 2.54. The van der Waals surface area contributed by atoms with Crippen LogP contribution in [0.1, 0.15) is 36.7 Å². The van der Waals surface area contributed by atoms with Crippen molar-refractivity contribution in [3.8, 4) is 0 Å². The van der Waals surface area contributed by atoms with E-state index in [0.29, 0.717) is 5.69 Å². The number of hydrogen-bond acceptors (Lipinski definition) is 3. The second kappa shape index (κ2) is 7.17. The lowest BCUT2D eigenvalue weighted by Crippen LogP contribution is -2.24. The van der Waals surface area contributed by atoms with E-state index in [1.165, 1.54) is 20.2 Å². The van der Waals surface area contributed by atoms with Crippen LogP contribution in [0.4, 0.5) is 10.1 Å². The third-order valence-corrected chi connectivity index (χ3v) is 5.77. The molecule has 140 valence electrons. The highest BCUT2D eigenvalue weighted by atomic mass is 32.2. The number of nitrogens with one attached hydrogen (secondary N) is 1. The predicted octanol–water partition coefficient (Wildman–Crippen LogP) is 3.63. The lowest BCUT2D eigenvalue weighted by Gasteiger charge is -2.23. The number of benzene rings is 2. The van der Waals surface area contributed by atoms with Crippen LogP contribution in [0.5, 0.6) is 0 Å². The molecule has 2 aromatic rings. The Bertz CT molecular complexity index is 932. The van der Waals surface area contributed by atoms with Crippen LogP contribution in [0.15, 0.2) is 47.4 Å². The first-order valence-corrected chi connectivity index (χ1v) is 9.51. The largest absolute Gasteiger partial charge is 0.322 e. The van der Waals surface area contributed by atoms with Crippen LogP contribution in [0, 0.1) is 5.82 Å². The molecule has 0 radical (unpaired) electrons. The molecule has 0 bridgehead atoms. The number of anilines is 1. The maximum atomic E-state index is 14.0. The van der Waals surface area contributed by atoms with Crippen molar-refractivity contribution in [2.75, 3.05) is 19.4 Å². The van der Waals surface area contributed by atoms with Gasteiger partial charge in [-0.1, -0.05) is 39.0 Å². The van der Waals surface area contributed by atoms with Crippen LogP contribution in [0.2, 0.25) is 0 Å². The number of sulfonamides is 1. The van der Waals surface area contributed by atoms with Crippen molar-refractivity contribution in [2.45, 2.75) is 31.1 Å². The third kappa shape index (κ3) is 4.11. The summed E-state index contributed by atoms with van der Waals surface area (Å²) in [5, 5.41) is 2.79. The van der Waals surface area contributed by atoms with E-state index < -0.39 is 26.6 Å². The fraction of sp³-hybridized carbons (Fsp3) is 0.316. The van der Waals surface area contributed by atoms with Gasteiger partial charge in [-0.25, -0.2) is 17.1 Å². The summed E-state index contributed by atoms with van der Waals surface area (Å²) < 4.78 is 39.4. The Morgan fingerprint density at radius 1 is 1.08 bits per heavy atom. The molecule has 0 aliphatic heterocycles. The molecule has 0 heterocycles. The molecule has 0 fully saturated rings. The molecule has 2 aromatic carbocycles. The molecule has 0 saturated heterocycles. The topological polar surface area (TPSA) is 66.5 Å². The molecule has 2 rings (SSSR count). The minimum Gasteiger partial charge on any atom is -0.322 e. The molecule has 0 atom stereocenters. The molecule has 1 amide bonds. The Balaban J connectivity index is 2.42. The Labute approximate surface area is 153 Å². The number of carbonyl (C=O) groups is 1. The van der Waals surface area contributed by atoms with E-state index in [-0.39, 0.29) is 11.0 Å². The summed E-state index contributed by atoms with van der Waals surface area (Å²) in [6, 6.07) is 10.7. The van der Waals surface area contributed by atoms with Crippen molar-refractivity contribution >= 4 is 21.6 Å². The maximum Gasteiger partial charge on any atom is 0.255 e. The number of para-hydroxylation sites is 1. The zero-order chi connectivity index (χ0) is 19.7. The smallest absolute Gasteiger partial charge is 0.255 e. The van der Waals surface area contributed by atoms with Crippen LogP contribution in [-0.2, 0) is 15.4 Å². The number of carbonyl (C=O) groups excluding carboxylic acids is 1. The van der Waals surface area contributed by atoms with Gasteiger partial charge in [0.15, 0.2) is 0 Å². The van der Waals surface area contributed by atoms with Crippen LogP contribution >= 0.6 is 0 Å². The first kappa shape index (κ1) is 20.1. The summed E-state index contributed by atoms with van der Waals surface area (Å²) >= 11 is 0. The van der Waals surface area contributed by atoms with E-state index in [9.17, 15) is 17.6 Å². The summed E-state index contributed by atoms with van der Waals surface area (Å²) in [5.74, 6) is -1.40. The number of rotatable bonds is 4. The van der Waals surface area contributed by atoms with Gasteiger partial charge in [0.05, 0.1) is 0 Å². The lowest BCUT2D eigenvalue weighted by atomic mass is 9.86. The summed E-state index contributed by atoms with van der Waals surface area (Å²) in [7, 11) is -1.38. The Morgan fingerprint density at radius 3 is 2.27 bits per heavy atom. The standard InChI is InChI=1S/C19H23FN2O3S/c1-19(2,3)14-8-6-7-9-16(14)21-18(23)13-10-11-15(20)17(12-13)26(24,25)22(4)5/h6-12H,1-5H3,(H,21,23). The van der Waals surface area contributed by atoms with Crippen molar-refractivity contribution in [3.63, 3.8) is 0 Å². The first-order chi connectivity index (χ1) is 11.9. The van der Waals surface area contributed by atoms with E-state index >= 15 is 0 Å². The number of nitrogens with zero attached hydrogens (tertiary/aromatic N) is 1. The van der Waals surface area contributed by atoms with E-state index in [4.69, 9.17) is 0 Å². The average molecular weight is 378 g/mol. The van der Waals surface area contributed by atoms with E-state index in [1.807, 2.05) is 32.9 Å². The van der Waals surface area contributed by atoms with E-state index in [0.717, 1.165) is 22.0 Å². The van der Waals surface area contributed by atoms with Gasteiger partial charge in [0, 0.05) is 25.3 Å². The minimum absolute atomic E-state index is 0.0653. The molecule has 5 nitrogen and oxygen atoms in total. The maximum absolute atomic E-state index is 14.0. The highest BCUT2D eigenvalue weighted by Gasteiger charge is 2.24. The lowest BCUT2D eigenvalue weighted by molar-refractivity contribution is 0.102. The normalized spacial score (nSPS) is 12.3. The predicted molar refractivity (Wildman–Crippen MR) is 100 cm³/mol. The van der Waals surface area contributed by atoms with Gasteiger partial charge in [-0.05, 0) is 35.2 Å². The zero-order valence-electron chi connectivity index (χ0n) is 15.5. The molecule has 1 N–H and O–H groups in total. The molecular formula is C19H23FN2O3S. The fourth-order valence-electron chi connectivity index (χ4n) is 2.48. The van der Waals surface area contributed by atoms with Crippen molar-refractivity contribution in [2.24, 2.45) is 0 Å². The van der Waals surface area contributed by atoms with E-state index in [2.05, 4.69) is 5.32 Å². The van der Waals surface area contributed by atoms with Crippen molar-refractivity contribution in [1.82, 2.24) is 4.31 Å². The number of hydrogen-bond donors (Lipinski definition) is 1. The molecule has 0 aliphatic carbocycles. The SMILES string of the molecule is CN(C)S(=O)(=O)c1cc(C(=O)Nc2ccccc2C(C)(C)C)ccc1F. The molecule has 26 heavy (non-hydrogen) atoms. The van der Waals surface area contributed by atoms with Crippen LogP contribution in [0.25, 0.3) is 0 Å². The van der Waals surface area contributed by atoms with Gasteiger partial charge in [0.25, 0.3) is 5.91 Å². The monoisotopic (exact) mass is 378 g/mol. The highest BCUT2D eigenvalue weighted by Crippen LogP contribution is 2.29. The molecule has 7 heteroatoms. The second-order valence-electron chi connectivity index (χ2n) is 7.18. The van der Waals surface area contributed by atoms with E-state index in [1.54, 1.807) is 12.1 Å². The second-order valence-corrected chi connectivity index (χ2v) is 9.30. The molecule has 0 spiro atoms. The van der Waals surface area contributed by atoms with Crippen LogP contribution in [-0.4, -0.2) is 32.7 Å². The van der Waals surface area contributed by atoms with Gasteiger partial charge in [0.1, 0.15) is 10.7 Å². The van der Waals surface area contributed by atoms with Gasteiger partial charge in [-0.2, -0.15) is 0 Å². The summed E-state index contributed by atoms with van der Waals surface area (Å²) in [5.41, 5.74) is 1.45. The van der Waals surface area contributed by atoms with Crippen LogP contribution < -0.4 is 5.32 Å². The third-order valence-electron chi connectivity index (χ3n) is 3.94. The summed E-state index contributed by atoms with van der Waals surface area (Å²) in [6.07, 6.45) is 0. The van der Waals surface area contributed by atoms with Gasteiger partial charge in [-0.15, -0.1) is 0 Å². The van der Waals surface area contributed by atoms with Crippen molar-refractivity contribution in [1.29, 1.82) is 0 Å². The van der Waals surface area contributed by atoms with Crippen molar-refractivity contribution in [3.05, 3.63) is 59.4 Å².